The third kappa shape index (κ3) is 11.7. The maximum absolute atomic E-state index is 7.48. The topological polar surface area (TPSA) is 30.9 Å². The fourth-order valence-corrected chi connectivity index (χ4v) is 12.1. The fourth-order valence-electron chi connectivity index (χ4n) is 10.6. The van der Waals surface area contributed by atoms with Crippen LogP contribution in [0.15, 0.2) is 24.3 Å². The van der Waals surface area contributed by atoms with Crippen molar-refractivity contribution in [3.63, 3.8) is 0 Å². The van der Waals surface area contributed by atoms with Gasteiger partial charge in [0, 0.05) is 30.6 Å². The van der Waals surface area contributed by atoms with Gasteiger partial charge < -0.3 is 13.8 Å². The molecule has 2 aromatic rings. The van der Waals surface area contributed by atoms with E-state index in [1.165, 1.54) is 33.4 Å². The van der Waals surface area contributed by atoms with E-state index in [1.807, 2.05) is 0 Å². The molecule has 0 aromatic heterocycles. The van der Waals surface area contributed by atoms with E-state index in [9.17, 15) is 0 Å². The lowest BCUT2D eigenvalue weighted by molar-refractivity contribution is 0.0682. The summed E-state index contributed by atoms with van der Waals surface area (Å²) >= 11 is 0. The summed E-state index contributed by atoms with van der Waals surface area (Å²) in [6.45, 7) is 51.0. The first kappa shape index (κ1) is 45.1. The SMILES string of the molecule is CC(C)(C)CC(C)(C)c1cc2c(c(C(C)(C)CC(C)(C)C)c1)OP(N1CCOCC1)Oc1c(cc(C(C)(C)CC(C)(C)C)cc1C(C)(C)CC(C)(C)C)C2. The minimum Gasteiger partial charge on any atom is -0.426 e. The monoisotopic (exact) mass is 764 g/mol. The molecule has 0 bridgehead atoms. The third-order valence-electron chi connectivity index (χ3n) is 11.2. The van der Waals surface area contributed by atoms with Gasteiger partial charge in [0.25, 0.3) is 0 Å². The molecule has 0 unspecified atom stereocenters. The van der Waals surface area contributed by atoms with Crippen molar-refractivity contribution >= 4 is 8.53 Å². The summed E-state index contributed by atoms with van der Waals surface area (Å²) in [7, 11) is -1.47. The summed E-state index contributed by atoms with van der Waals surface area (Å²) < 4.78 is 23.3. The van der Waals surface area contributed by atoms with Crippen molar-refractivity contribution in [3.05, 3.63) is 57.6 Å². The minimum atomic E-state index is -1.47. The first-order valence-corrected chi connectivity index (χ1v) is 22.2. The van der Waals surface area contributed by atoms with Crippen molar-refractivity contribution in [3.8, 4) is 11.5 Å². The van der Waals surface area contributed by atoms with Crippen LogP contribution in [0.4, 0.5) is 0 Å². The van der Waals surface area contributed by atoms with Gasteiger partial charge in [0.1, 0.15) is 11.5 Å². The fraction of sp³-hybridized carbons (Fsp3) is 0.755. The van der Waals surface area contributed by atoms with Crippen LogP contribution in [0.25, 0.3) is 0 Å². The normalized spacial score (nSPS) is 17.6. The molecule has 0 saturated carbocycles. The van der Waals surface area contributed by atoms with Gasteiger partial charge in [0.2, 0.25) is 0 Å². The quantitative estimate of drug-likeness (QED) is 0.238. The number of fused-ring (bicyclic) bond motifs is 2. The van der Waals surface area contributed by atoms with Crippen molar-refractivity contribution < 1.29 is 13.8 Å². The van der Waals surface area contributed by atoms with E-state index in [1.54, 1.807) is 0 Å². The second-order valence-corrected chi connectivity index (χ2v) is 26.1. The zero-order chi connectivity index (χ0) is 41.1. The van der Waals surface area contributed by atoms with E-state index in [-0.39, 0.29) is 43.3 Å². The molecule has 4 rings (SSSR count). The van der Waals surface area contributed by atoms with Crippen molar-refractivity contribution in [2.45, 2.75) is 192 Å². The van der Waals surface area contributed by atoms with Gasteiger partial charge in [0.15, 0.2) is 0 Å². The Bertz CT molecular complexity index is 1500. The van der Waals surface area contributed by atoms with Gasteiger partial charge in [-0.05, 0) is 91.3 Å². The van der Waals surface area contributed by atoms with Gasteiger partial charge in [-0.15, -0.1) is 0 Å². The second kappa shape index (κ2) is 15.3. The second-order valence-electron chi connectivity index (χ2n) is 24.7. The summed E-state index contributed by atoms with van der Waals surface area (Å²) in [4.78, 5) is 0. The highest BCUT2D eigenvalue weighted by atomic mass is 31.2. The Hall–Kier alpha value is -1.61. The van der Waals surface area contributed by atoms with Crippen LogP contribution in [0.1, 0.15) is 198 Å². The van der Waals surface area contributed by atoms with Crippen LogP contribution in [0.5, 0.6) is 11.5 Å². The number of morpholine rings is 1. The first-order chi connectivity index (χ1) is 24.2. The lowest BCUT2D eigenvalue weighted by Crippen LogP contribution is -2.36. The zero-order valence-electron chi connectivity index (χ0n) is 38.8. The number of ether oxygens (including phenoxy) is 1. The Morgan fingerprint density at radius 3 is 1.09 bits per heavy atom. The Balaban J connectivity index is 2.14. The molecule has 2 aliphatic heterocycles. The Kier molecular flexibility index (Phi) is 12.8. The van der Waals surface area contributed by atoms with Crippen LogP contribution >= 0.6 is 8.53 Å². The summed E-state index contributed by atoms with van der Waals surface area (Å²) in [5.74, 6) is 2.08. The van der Waals surface area contributed by atoms with Crippen molar-refractivity contribution in [1.29, 1.82) is 0 Å². The van der Waals surface area contributed by atoms with Crippen molar-refractivity contribution in [1.82, 2.24) is 4.67 Å². The van der Waals surface area contributed by atoms with Gasteiger partial charge in [-0.25, -0.2) is 4.67 Å². The highest BCUT2D eigenvalue weighted by Gasteiger charge is 2.41. The number of hydrogen-bond acceptors (Lipinski definition) is 4. The minimum absolute atomic E-state index is 0.0209. The third-order valence-corrected chi connectivity index (χ3v) is 12.7. The maximum Gasteiger partial charge on any atom is 0.384 e. The molecule has 1 fully saturated rings. The van der Waals surface area contributed by atoms with Crippen LogP contribution in [0.3, 0.4) is 0 Å². The number of hydrogen-bond donors (Lipinski definition) is 0. The summed E-state index contributed by atoms with van der Waals surface area (Å²) in [6, 6.07) is 10.1. The molecule has 0 radical (unpaired) electrons. The van der Waals surface area contributed by atoms with Gasteiger partial charge in [-0.2, -0.15) is 0 Å². The molecule has 2 heterocycles. The van der Waals surface area contributed by atoms with E-state index in [0.717, 1.165) is 56.7 Å². The molecular formula is C49H82NO3P. The van der Waals surface area contributed by atoms with E-state index < -0.39 is 8.53 Å². The van der Waals surface area contributed by atoms with Crippen molar-refractivity contribution in [2.24, 2.45) is 21.7 Å². The highest BCUT2D eigenvalue weighted by Crippen LogP contribution is 2.56. The molecule has 2 aromatic carbocycles. The van der Waals surface area contributed by atoms with Crippen LogP contribution in [-0.4, -0.2) is 31.0 Å². The summed E-state index contributed by atoms with van der Waals surface area (Å²) in [5, 5.41) is 0. The molecule has 0 spiro atoms. The molecule has 0 N–H and O–H groups in total. The highest BCUT2D eigenvalue weighted by molar-refractivity contribution is 7.45. The number of nitrogens with zero attached hydrogens (tertiary/aromatic N) is 1. The molecule has 0 atom stereocenters. The standard InChI is InChI=1S/C49H82NO3P/c1-42(2,3)30-46(13,14)36-26-34-25-35-27-37(47(15,16)31-43(4,5)6)29-39(49(19,20)33-45(10,11)12)41(35)53-54(50-21-23-51-24-22-50)52-40(34)38(28-36)48(17,18)32-44(7,8)9/h26-29H,21-25,30-33H2,1-20H3. The molecular weight excluding hydrogens is 682 g/mol. The van der Waals surface area contributed by atoms with E-state index in [2.05, 4.69) is 167 Å². The largest absolute Gasteiger partial charge is 0.426 e. The van der Waals surface area contributed by atoms with Gasteiger partial charge in [-0.3, -0.25) is 0 Å². The average molecular weight is 764 g/mol. The van der Waals surface area contributed by atoms with Crippen molar-refractivity contribution in [2.75, 3.05) is 26.3 Å². The lowest BCUT2D eigenvalue weighted by atomic mass is 9.67. The summed E-state index contributed by atoms with van der Waals surface area (Å²) in [6.07, 6.45) is 5.04. The lowest BCUT2D eigenvalue weighted by Gasteiger charge is -2.42. The smallest absolute Gasteiger partial charge is 0.384 e. The molecule has 54 heavy (non-hydrogen) atoms. The van der Waals surface area contributed by atoms with E-state index in [4.69, 9.17) is 13.8 Å². The van der Waals surface area contributed by atoms with Crippen LogP contribution in [0, 0.1) is 21.7 Å². The van der Waals surface area contributed by atoms with Crippen LogP contribution < -0.4 is 9.05 Å². The van der Waals surface area contributed by atoms with Gasteiger partial charge in [0.05, 0.1) is 13.2 Å². The maximum atomic E-state index is 7.48. The number of benzene rings is 2. The molecule has 2 aliphatic rings. The summed E-state index contributed by atoms with van der Waals surface area (Å²) in [5.41, 5.74) is 8.43. The number of rotatable bonds is 9. The average Bonchev–Trinajstić information content (AvgIpc) is 2.91. The molecule has 0 amide bonds. The Labute approximate surface area is 335 Å². The van der Waals surface area contributed by atoms with Gasteiger partial charge >= 0.3 is 8.53 Å². The van der Waals surface area contributed by atoms with Crippen LogP contribution in [-0.2, 0) is 32.8 Å². The predicted molar refractivity (Wildman–Crippen MR) is 235 cm³/mol. The molecule has 0 aliphatic carbocycles. The zero-order valence-corrected chi connectivity index (χ0v) is 39.7. The van der Waals surface area contributed by atoms with Crippen LogP contribution in [0.2, 0.25) is 0 Å². The van der Waals surface area contributed by atoms with E-state index in [0.29, 0.717) is 13.2 Å². The van der Waals surface area contributed by atoms with E-state index >= 15 is 0 Å². The molecule has 5 heteroatoms. The Morgan fingerprint density at radius 1 is 0.463 bits per heavy atom. The molecule has 306 valence electrons. The predicted octanol–water partition coefficient (Wildman–Crippen LogP) is 14.5. The molecule has 1 saturated heterocycles. The first-order valence-electron chi connectivity index (χ1n) is 21.0. The molecule has 4 nitrogen and oxygen atoms in total. The van der Waals surface area contributed by atoms with Gasteiger partial charge in [-0.1, -0.05) is 163 Å². The Morgan fingerprint density at radius 2 is 0.778 bits per heavy atom.